The van der Waals surface area contributed by atoms with Crippen LogP contribution in [0.5, 0.6) is 0 Å². The van der Waals surface area contributed by atoms with Crippen LogP contribution in [0.15, 0.2) is 23.1 Å². The molecule has 1 aromatic carbocycles. The molecule has 1 aliphatic heterocycles. The molecular formula is C12H16FN3O4S. The van der Waals surface area contributed by atoms with Crippen molar-refractivity contribution in [2.75, 3.05) is 19.6 Å². The van der Waals surface area contributed by atoms with Crippen LogP contribution in [-0.2, 0) is 10.0 Å². The van der Waals surface area contributed by atoms with Gasteiger partial charge >= 0.3 is 5.69 Å². The van der Waals surface area contributed by atoms with Crippen LogP contribution < -0.4 is 5.32 Å². The van der Waals surface area contributed by atoms with Gasteiger partial charge in [0.05, 0.1) is 4.92 Å². The number of hydrogen-bond donors (Lipinski definition) is 1. The topological polar surface area (TPSA) is 92.6 Å². The SMILES string of the molecule is CC1(C)CNCCN1S(=O)(=O)c1cccc(F)c1[N+](=O)[O-]. The molecule has 0 aromatic heterocycles. The van der Waals surface area contributed by atoms with Gasteiger partial charge in [-0.05, 0) is 26.0 Å². The Morgan fingerprint density at radius 1 is 1.43 bits per heavy atom. The summed E-state index contributed by atoms with van der Waals surface area (Å²) in [6.45, 7) is 4.44. The minimum atomic E-state index is -4.16. The number of halogens is 1. The maximum Gasteiger partial charge on any atom is 0.324 e. The van der Waals surface area contributed by atoms with Crippen molar-refractivity contribution in [3.8, 4) is 0 Å². The van der Waals surface area contributed by atoms with Crippen LogP contribution in [0.25, 0.3) is 0 Å². The first kappa shape index (κ1) is 15.8. The second-order valence-corrected chi connectivity index (χ2v) is 7.24. The van der Waals surface area contributed by atoms with Crippen molar-refractivity contribution in [1.82, 2.24) is 9.62 Å². The molecule has 116 valence electrons. The highest BCUT2D eigenvalue weighted by Gasteiger charge is 2.42. The first-order valence-electron chi connectivity index (χ1n) is 6.34. The third-order valence-electron chi connectivity index (χ3n) is 3.42. The zero-order valence-electron chi connectivity index (χ0n) is 11.7. The predicted molar refractivity (Wildman–Crippen MR) is 73.9 cm³/mol. The summed E-state index contributed by atoms with van der Waals surface area (Å²) >= 11 is 0. The van der Waals surface area contributed by atoms with Gasteiger partial charge in [0.15, 0.2) is 4.90 Å². The second-order valence-electron chi connectivity index (χ2n) is 5.41. The summed E-state index contributed by atoms with van der Waals surface area (Å²) in [4.78, 5) is 9.39. The van der Waals surface area contributed by atoms with Crippen molar-refractivity contribution < 1.29 is 17.7 Å². The molecule has 0 unspecified atom stereocenters. The van der Waals surface area contributed by atoms with Crippen molar-refractivity contribution in [3.63, 3.8) is 0 Å². The number of nitro benzene ring substituents is 1. The molecule has 1 fully saturated rings. The standard InChI is InChI=1S/C12H16FN3O4S/c1-12(2)8-14-6-7-15(12)21(19,20)10-5-3-4-9(13)11(10)16(17)18/h3-5,14H,6-8H2,1-2H3. The van der Waals surface area contributed by atoms with E-state index in [2.05, 4.69) is 5.32 Å². The Labute approximate surface area is 122 Å². The van der Waals surface area contributed by atoms with Gasteiger partial charge in [0, 0.05) is 25.2 Å². The van der Waals surface area contributed by atoms with E-state index < -0.39 is 36.9 Å². The van der Waals surface area contributed by atoms with Gasteiger partial charge < -0.3 is 5.32 Å². The summed E-state index contributed by atoms with van der Waals surface area (Å²) < 4.78 is 40.2. The summed E-state index contributed by atoms with van der Waals surface area (Å²) in [6.07, 6.45) is 0. The van der Waals surface area contributed by atoms with Crippen LogP contribution in [0.1, 0.15) is 13.8 Å². The van der Waals surface area contributed by atoms with Crippen molar-refractivity contribution in [2.45, 2.75) is 24.3 Å². The molecular weight excluding hydrogens is 301 g/mol. The molecule has 2 rings (SSSR count). The van der Waals surface area contributed by atoms with Gasteiger partial charge in [0.2, 0.25) is 5.82 Å². The third kappa shape index (κ3) is 2.76. The number of piperazine rings is 1. The molecule has 21 heavy (non-hydrogen) atoms. The second kappa shape index (κ2) is 5.32. The van der Waals surface area contributed by atoms with E-state index in [0.717, 1.165) is 18.2 Å². The molecule has 1 heterocycles. The van der Waals surface area contributed by atoms with E-state index in [9.17, 15) is 22.9 Å². The Morgan fingerprint density at radius 3 is 2.67 bits per heavy atom. The van der Waals surface area contributed by atoms with Gasteiger partial charge in [0.25, 0.3) is 10.0 Å². The molecule has 1 saturated heterocycles. The van der Waals surface area contributed by atoms with Gasteiger partial charge in [-0.3, -0.25) is 10.1 Å². The van der Waals surface area contributed by atoms with Crippen LogP contribution >= 0.6 is 0 Å². The summed E-state index contributed by atoms with van der Waals surface area (Å²) in [7, 11) is -4.16. The number of rotatable bonds is 3. The molecule has 1 N–H and O–H groups in total. The Morgan fingerprint density at radius 2 is 2.10 bits per heavy atom. The Bertz CT molecular complexity index is 675. The van der Waals surface area contributed by atoms with Gasteiger partial charge in [-0.15, -0.1) is 0 Å². The molecule has 7 nitrogen and oxygen atoms in total. The van der Waals surface area contributed by atoms with E-state index in [-0.39, 0.29) is 6.54 Å². The van der Waals surface area contributed by atoms with Gasteiger partial charge in [-0.2, -0.15) is 8.70 Å². The summed E-state index contributed by atoms with van der Waals surface area (Å²) in [5.74, 6) is -1.16. The number of nitrogens with one attached hydrogen (secondary N) is 1. The number of benzene rings is 1. The third-order valence-corrected chi connectivity index (χ3v) is 5.57. The van der Waals surface area contributed by atoms with Gasteiger partial charge in [-0.25, -0.2) is 8.42 Å². The van der Waals surface area contributed by atoms with Gasteiger partial charge in [0.1, 0.15) is 0 Å². The van der Waals surface area contributed by atoms with E-state index in [1.54, 1.807) is 13.8 Å². The summed E-state index contributed by atoms with van der Waals surface area (Å²) in [6, 6.07) is 3.10. The molecule has 1 aromatic rings. The molecule has 0 spiro atoms. The number of para-hydroxylation sites is 1. The quantitative estimate of drug-likeness (QED) is 0.666. The molecule has 9 heteroatoms. The molecule has 0 atom stereocenters. The van der Waals surface area contributed by atoms with Crippen molar-refractivity contribution in [2.24, 2.45) is 0 Å². The Balaban J connectivity index is 2.60. The average Bonchev–Trinajstić information content (AvgIpc) is 2.37. The monoisotopic (exact) mass is 317 g/mol. The van der Waals surface area contributed by atoms with Crippen LogP contribution in [0.4, 0.5) is 10.1 Å². The van der Waals surface area contributed by atoms with E-state index in [4.69, 9.17) is 0 Å². The molecule has 0 radical (unpaired) electrons. The Kier molecular flexibility index (Phi) is 4.00. The normalized spacial score (nSPS) is 19.4. The lowest BCUT2D eigenvalue weighted by Crippen LogP contribution is -2.59. The highest BCUT2D eigenvalue weighted by Crippen LogP contribution is 2.32. The molecule has 1 aliphatic rings. The number of nitrogens with zero attached hydrogens (tertiary/aromatic N) is 2. The van der Waals surface area contributed by atoms with Crippen molar-refractivity contribution in [3.05, 3.63) is 34.1 Å². The summed E-state index contributed by atoms with van der Waals surface area (Å²) in [5, 5.41) is 14.1. The van der Waals surface area contributed by atoms with Crippen LogP contribution in [0, 0.1) is 15.9 Å². The van der Waals surface area contributed by atoms with E-state index >= 15 is 0 Å². The first-order valence-corrected chi connectivity index (χ1v) is 7.78. The predicted octanol–water partition coefficient (Wildman–Crippen LogP) is 1.11. The molecule has 0 saturated carbocycles. The molecule has 0 aliphatic carbocycles. The largest absolute Gasteiger partial charge is 0.324 e. The first-order chi connectivity index (χ1) is 9.68. The van der Waals surface area contributed by atoms with Crippen LogP contribution in [0.3, 0.4) is 0 Å². The van der Waals surface area contributed by atoms with Crippen LogP contribution in [-0.4, -0.2) is 42.8 Å². The zero-order chi connectivity index (χ0) is 15.8. The van der Waals surface area contributed by atoms with Crippen LogP contribution in [0.2, 0.25) is 0 Å². The zero-order valence-corrected chi connectivity index (χ0v) is 12.5. The minimum absolute atomic E-state index is 0.170. The fraction of sp³-hybridized carbons (Fsp3) is 0.500. The van der Waals surface area contributed by atoms with Crippen molar-refractivity contribution >= 4 is 15.7 Å². The average molecular weight is 317 g/mol. The van der Waals surface area contributed by atoms with E-state index in [1.807, 2.05) is 0 Å². The minimum Gasteiger partial charge on any atom is -0.314 e. The lowest BCUT2D eigenvalue weighted by Gasteiger charge is -2.41. The van der Waals surface area contributed by atoms with Gasteiger partial charge in [-0.1, -0.05) is 6.07 Å². The van der Waals surface area contributed by atoms with E-state index in [1.165, 1.54) is 4.31 Å². The maximum absolute atomic E-state index is 13.7. The fourth-order valence-electron chi connectivity index (χ4n) is 2.41. The Hall–Kier alpha value is -1.58. The highest BCUT2D eigenvalue weighted by atomic mass is 32.2. The number of nitro groups is 1. The maximum atomic E-state index is 13.7. The lowest BCUT2D eigenvalue weighted by atomic mass is 10.0. The van der Waals surface area contributed by atoms with E-state index in [0.29, 0.717) is 13.1 Å². The number of hydrogen-bond acceptors (Lipinski definition) is 5. The smallest absolute Gasteiger partial charge is 0.314 e. The fourth-order valence-corrected chi connectivity index (χ4v) is 4.36. The highest BCUT2D eigenvalue weighted by molar-refractivity contribution is 7.89. The van der Waals surface area contributed by atoms with Crippen molar-refractivity contribution in [1.29, 1.82) is 0 Å². The molecule has 0 amide bonds. The molecule has 0 bridgehead atoms. The number of sulfonamides is 1. The lowest BCUT2D eigenvalue weighted by molar-refractivity contribution is -0.390. The summed E-state index contributed by atoms with van der Waals surface area (Å²) in [5.41, 5.74) is -1.76.